The third kappa shape index (κ3) is 5.35. The van der Waals surface area contributed by atoms with E-state index in [1.807, 2.05) is 13.8 Å². The summed E-state index contributed by atoms with van der Waals surface area (Å²) in [6, 6.07) is 6.31. The van der Waals surface area contributed by atoms with Crippen LogP contribution < -0.4 is 27.2 Å². The van der Waals surface area contributed by atoms with Crippen molar-refractivity contribution in [2.75, 3.05) is 36.2 Å². The molecule has 0 atom stereocenters. The number of aromatic nitrogens is 2. The highest BCUT2D eigenvalue weighted by atomic mass is 16.5. The van der Waals surface area contributed by atoms with Gasteiger partial charge >= 0.3 is 5.69 Å². The predicted molar refractivity (Wildman–Crippen MR) is 115 cm³/mol. The maximum Gasteiger partial charge on any atom is 0.330 e. The van der Waals surface area contributed by atoms with Crippen LogP contribution in [-0.4, -0.2) is 41.6 Å². The molecule has 0 fully saturated rings. The minimum absolute atomic E-state index is 0.0346. The van der Waals surface area contributed by atoms with Gasteiger partial charge in [-0.2, -0.15) is 0 Å². The molecule has 0 saturated carbocycles. The van der Waals surface area contributed by atoms with E-state index in [0.717, 1.165) is 0 Å². The van der Waals surface area contributed by atoms with E-state index in [1.54, 1.807) is 18.2 Å². The Hall–Kier alpha value is -3.40. The summed E-state index contributed by atoms with van der Waals surface area (Å²) >= 11 is 0. The Bertz CT molecular complexity index is 1040. The Labute approximate surface area is 173 Å². The second-order valence-electron chi connectivity index (χ2n) is 7.21. The number of aromatic amines is 1. The van der Waals surface area contributed by atoms with Crippen LogP contribution in [0, 0.1) is 5.92 Å². The number of ether oxygens (including phenoxy) is 1. The molecule has 0 bridgehead atoms. The van der Waals surface area contributed by atoms with Crippen LogP contribution in [0.25, 0.3) is 0 Å². The largest absolute Gasteiger partial charge is 0.383 e. The molecular weight excluding hydrogens is 390 g/mol. The Kier molecular flexibility index (Phi) is 7.54. The molecule has 0 aliphatic rings. The van der Waals surface area contributed by atoms with Crippen LogP contribution in [0.5, 0.6) is 0 Å². The summed E-state index contributed by atoms with van der Waals surface area (Å²) in [6.45, 7) is 5.61. The van der Waals surface area contributed by atoms with Crippen molar-refractivity contribution in [3.05, 3.63) is 50.7 Å². The number of anilines is 3. The first kappa shape index (κ1) is 22.9. The van der Waals surface area contributed by atoms with Crippen LogP contribution >= 0.6 is 0 Å². The Balaban J connectivity index is 2.58. The highest BCUT2D eigenvalue weighted by molar-refractivity contribution is 6.08. The summed E-state index contributed by atoms with van der Waals surface area (Å²) in [5.41, 5.74) is 5.32. The number of nitrogens with two attached hydrogens (primary N) is 1. The second kappa shape index (κ2) is 9.88. The van der Waals surface area contributed by atoms with Crippen LogP contribution in [0.2, 0.25) is 0 Å². The number of nitrogens with zero attached hydrogens (tertiary/aromatic N) is 2. The number of H-pyrrole nitrogens is 1. The summed E-state index contributed by atoms with van der Waals surface area (Å²) in [7, 11) is 1.47. The first-order chi connectivity index (χ1) is 14.1. The molecule has 10 heteroatoms. The zero-order chi connectivity index (χ0) is 22.4. The van der Waals surface area contributed by atoms with Gasteiger partial charge in [-0.05, 0) is 24.1 Å². The normalized spacial score (nSPS) is 10.8. The van der Waals surface area contributed by atoms with E-state index in [-0.39, 0.29) is 48.6 Å². The number of carbonyl (C=O) groups is 2. The maximum atomic E-state index is 13.3. The van der Waals surface area contributed by atoms with E-state index in [1.165, 1.54) is 29.6 Å². The summed E-state index contributed by atoms with van der Waals surface area (Å²) in [6.07, 6.45) is 0. The molecule has 2 amide bonds. The van der Waals surface area contributed by atoms with Gasteiger partial charge in [0.05, 0.1) is 6.61 Å². The number of benzene rings is 1. The van der Waals surface area contributed by atoms with Crippen LogP contribution in [0.15, 0.2) is 33.9 Å². The average molecular weight is 417 g/mol. The zero-order valence-electron chi connectivity index (χ0n) is 17.5. The second-order valence-corrected chi connectivity index (χ2v) is 7.21. The third-order valence-corrected chi connectivity index (χ3v) is 4.23. The van der Waals surface area contributed by atoms with E-state index >= 15 is 0 Å². The minimum Gasteiger partial charge on any atom is -0.383 e. The van der Waals surface area contributed by atoms with Gasteiger partial charge in [0.15, 0.2) is 5.69 Å². The van der Waals surface area contributed by atoms with Crippen molar-refractivity contribution in [1.29, 1.82) is 0 Å². The van der Waals surface area contributed by atoms with Gasteiger partial charge in [-0.1, -0.05) is 19.9 Å². The number of nitrogens with one attached hydrogen (secondary N) is 2. The Morgan fingerprint density at radius 3 is 2.60 bits per heavy atom. The molecule has 30 heavy (non-hydrogen) atoms. The smallest absolute Gasteiger partial charge is 0.330 e. The first-order valence-corrected chi connectivity index (χ1v) is 9.46. The zero-order valence-corrected chi connectivity index (χ0v) is 17.5. The molecule has 0 aliphatic carbocycles. The molecule has 0 aliphatic heterocycles. The fraction of sp³-hybridized carbons (Fsp3) is 0.400. The summed E-state index contributed by atoms with van der Waals surface area (Å²) in [5, 5.41) is 2.61. The number of methoxy groups -OCH3 is 1. The van der Waals surface area contributed by atoms with E-state index in [4.69, 9.17) is 10.5 Å². The van der Waals surface area contributed by atoms with Gasteiger partial charge in [0.1, 0.15) is 5.82 Å². The van der Waals surface area contributed by atoms with Crippen LogP contribution in [0.3, 0.4) is 0 Å². The fourth-order valence-corrected chi connectivity index (χ4v) is 2.97. The molecule has 0 unspecified atom stereocenters. The molecule has 1 heterocycles. The highest BCUT2D eigenvalue weighted by Crippen LogP contribution is 2.21. The number of hydrogen-bond donors (Lipinski definition) is 3. The van der Waals surface area contributed by atoms with Crippen LogP contribution in [0.4, 0.5) is 17.2 Å². The summed E-state index contributed by atoms with van der Waals surface area (Å²) in [4.78, 5) is 52.9. The monoisotopic (exact) mass is 417 g/mol. The van der Waals surface area contributed by atoms with Gasteiger partial charge in [-0.3, -0.25) is 28.8 Å². The molecule has 4 N–H and O–H groups in total. The van der Waals surface area contributed by atoms with Gasteiger partial charge in [-0.15, -0.1) is 0 Å². The lowest BCUT2D eigenvalue weighted by molar-refractivity contribution is -0.114. The number of rotatable bonds is 8. The average Bonchev–Trinajstić information content (AvgIpc) is 2.66. The van der Waals surface area contributed by atoms with Crippen LogP contribution in [0.1, 0.15) is 31.1 Å². The SMILES string of the molecule is COCCN(C(=O)c1cccc(NC(C)=O)c1)c1c(N)n(CC(C)C)c(=O)[nH]c1=O. The van der Waals surface area contributed by atoms with Crippen molar-refractivity contribution in [2.45, 2.75) is 27.3 Å². The Morgan fingerprint density at radius 2 is 2.00 bits per heavy atom. The fourth-order valence-electron chi connectivity index (χ4n) is 2.97. The molecule has 0 spiro atoms. The molecule has 1 aromatic heterocycles. The van der Waals surface area contributed by atoms with Crippen molar-refractivity contribution in [3.63, 3.8) is 0 Å². The van der Waals surface area contributed by atoms with E-state index in [0.29, 0.717) is 5.69 Å². The lowest BCUT2D eigenvalue weighted by Gasteiger charge is -2.25. The van der Waals surface area contributed by atoms with Gasteiger partial charge < -0.3 is 15.8 Å². The molecule has 0 saturated heterocycles. The van der Waals surface area contributed by atoms with Crippen molar-refractivity contribution < 1.29 is 14.3 Å². The lowest BCUT2D eigenvalue weighted by Crippen LogP contribution is -2.42. The van der Waals surface area contributed by atoms with Gasteiger partial charge in [-0.25, -0.2) is 4.79 Å². The van der Waals surface area contributed by atoms with E-state index in [9.17, 15) is 19.2 Å². The number of nitrogen functional groups attached to an aromatic ring is 1. The predicted octanol–water partition coefficient (Wildman–Crippen LogP) is 1.03. The molecule has 10 nitrogen and oxygen atoms in total. The molecule has 162 valence electrons. The van der Waals surface area contributed by atoms with E-state index in [2.05, 4.69) is 10.3 Å². The van der Waals surface area contributed by atoms with Crippen molar-refractivity contribution >= 4 is 29.0 Å². The summed E-state index contributed by atoms with van der Waals surface area (Å²) in [5.74, 6) is -0.815. The van der Waals surface area contributed by atoms with Crippen molar-refractivity contribution in [1.82, 2.24) is 9.55 Å². The first-order valence-electron chi connectivity index (χ1n) is 9.46. The molecule has 1 aromatic carbocycles. The molecule has 0 radical (unpaired) electrons. The van der Waals surface area contributed by atoms with Crippen molar-refractivity contribution in [2.24, 2.45) is 5.92 Å². The highest BCUT2D eigenvalue weighted by Gasteiger charge is 2.25. The number of hydrogen-bond acceptors (Lipinski definition) is 6. The minimum atomic E-state index is -0.764. The van der Waals surface area contributed by atoms with Gasteiger partial charge in [0.2, 0.25) is 5.91 Å². The number of carbonyl (C=O) groups excluding carboxylic acids is 2. The molecular formula is C20H27N5O5. The quantitative estimate of drug-likeness (QED) is 0.586. The van der Waals surface area contributed by atoms with Crippen LogP contribution in [-0.2, 0) is 16.1 Å². The van der Waals surface area contributed by atoms with E-state index < -0.39 is 17.2 Å². The maximum absolute atomic E-state index is 13.3. The van der Waals surface area contributed by atoms with Gasteiger partial charge in [0.25, 0.3) is 11.5 Å². The lowest BCUT2D eigenvalue weighted by atomic mass is 10.1. The number of amides is 2. The molecule has 2 rings (SSSR count). The van der Waals surface area contributed by atoms with Gasteiger partial charge in [0, 0.05) is 38.4 Å². The topological polar surface area (TPSA) is 140 Å². The summed E-state index contributed by atoms with van der Waals surface area (Å²) < 4.78 is 6.32. The standard InChI is InChI=1S/C20H27N5O5/c1-12(2)11-25-17(21)16(18(27)23-20(25)29)24(8-9-30-4)19(28)14-6-5-7-15(10-14)22-13(3)26/h5-7,10,12H,8-9,11,21H2,1-4H3,(H,22,26)(H,23,27,29). The van der Waals surface area contributed by atoms with Crippen molar-refractivity contribution in [3.8, 4) is 0 Å². The third-order valence-electron chi connectivity index (χ3n) is 4.23. The Morgan fingerprint density at radius 1 is 1.30 bits per heavy atom. The molecule has 2 aromatic rings.